The van der Waals surface area contributed by atoms with E-state index >= 15 is 0 Å². The number of pyridine rings is 1. The molecule has 1 fully saturated rings. The van der Waals surface area contributed by atoms with E-state index in [1.54, 1.807) is 0 Å². The van der Waals surface area contributed by atoms with E-state index in [1.807, 2.05) is 6.20 Å². The number of hydrogen-bond donors (Lipinski definition) is 0. The number of piperidine rings is 1. The summed E-state index contributed by atoms with van der Waals surface area (Å²) in [6.45, 7) is 4.54. The molecule has 0 saturated carbocycles. The van der Waals surface area contributed by atoms with Gasteiger partial charge in [-0.05, 0) is 29.7 Å². The smallest absolute Gasteiger partial charge is 0.136 e. The summed E-state index contributed by atoms with van der Waals surface area (Å²) in [5.41, 5.74) is 1.12. The van der Waals surface area contributed by atoms with Crippen LogP contribution in [0.3, 0.4) is 0 Å². The van der Waals surface area contributed by atoms with Crippen molar-refractivity contribution in [3.05, 3.63) is 36.0 Å². The number of halogens is 1. The quantitative estimate of drug-likeness (QED) is 0.767. The molecule has 1 aliphatic heterocycles. The van der Waals surface area contributed by atoms with Crippen molar-refractivity contribution in [2.24, 2.45) is 5.92 Å². The third-order valence-electron chi connectivity index (χ3n) is 4.49. The number of rotatable bonds is 3. The standard InChI is InChI=1S/C17H21ClN2/c1-2-13-7-9-20(10-8-13)17-16-6-4-3-5-15(16)14(11-18)12-19-17/h3-6,12-13H,2,7-11H2,1H3. The lowest BCUT2D eigenvalue weighted by Gasteiger charge is -2.33. The van der Waals surface area contributed by atoms with Crippen molar-refractivity contribution in [1.82, 2.24) is 4.98 Å². The highest BCUT2D eigenvalue weighted by atomic mass is 35.5. The molecule has 106 valence electrons. The molecule has 2 heterocycles. The van der Waals surface area contributed by atoms with Gasteiger partial charge >= 0.3 is 0 Å². The van der Waals surface area contributed by atoms with Crippen LogP contribution in [0.25, 0.3) is 10.8 Å². The summed E-state index contributed by atoms with van der Waals surface area (Å²) in [5.74, 6) is 2.54. The van der Waals surface area contributed by atoms with Crippen molar-refractivity contribution in [2.75, 3.05) is 18.0 Å². The van der Waals surface area contributed by atoms with Crippen molar-refractivity contribution in [1.29, 1.82) is 0 Å². The highest BCUT2D eigenvalue weighted by Crippen LogP contribution is 2.31. The molecule has 1 aromatic heterocycles. The predicted octanol–water partition coefficient (Wildman–Crippen LogP) is 4.60. The maximum atomic E-state index is 6.03. The number of benzene rings is 1. The van der Waals surface area contributed by atoms with Crippen molar-refractivity contribution in [3.63, 3.8) is 0 Å². The van der Waals surface area contributed by atoms with Gasteiger partial charge in [0, 0.05) is 30.6 Å². The summed E-state index contributed by atoms with van der Waals surface area (Å²) < 4.78 is 0. The van der Waals surface area contributed by atoms with E-state index in [0.717, 1.165) is 30.4 Å². The average molecular weight is 289 g/mol. The molecule has 0 radical (unpaired) electrons. The second kappa shape index (κ2) is 6.01. The van der Waals surface area contributed by atoms with E-state index in [4.69, 9.17) is 16.6 Å². The molecular formula is C17H21ClN2. The molecule has 0 aliphatic carbocycles. The number of nitrogens with zero attached hydrogens (tertiary/aromatic N) is 2. The van der Waals surface area contributed by atoms with E-state index in [-0.39, 0.29) is 0 Å². The first kappa shape index (κ1) is 13.7. The van der Waals surface area contributed by atoms with Gasteiger partial charge in [-0.3, -0.25) is 0 Å². The third kappa shape index (κ3) is 2.49. The Morgan fingerprint density at radius 3 is 2.55 bits per heavy atom. The predicted molar refractivity (Wildman–Crippen MR) is 86.5 cm³/mol. The van der Waals surface area contributed by atoms with Crippen LogP contribution < -0.4 is 4.90 Å². The van der Waals surface area contributed by atoms with Crippen molar-refractivity contribution in [2.45, 2.75) is 32.1 Å². The molecule has 3 heteroatoms. The lowest BCUT2D eigenvalue weighted by molar-refractivity contribution is 0.394. The van der Waals surface area contributed by atoms with E-state index < -0.39 is 0 Å². The normalized spacial score (nSPS) is 16.8. The Morgan fingerprint density at radius 2 is 1.90 bits per heavy atom. The molecular weight excluding hydrogens is 268 g/mol. The fourth-order valence-electron chi connectivity index (χ4n) is 3.15. The molecule has 20 heavy (non-hydrogen) atoms. The Labute approximate surface area is 125 Å². The number of alkyl halides is 1. The van der Waals surface area contributed by atoms with Crippen LogP contribution in [-0.2, 0) is 5.88 Å². The van der Waals surface area contributed by atoms with Crippen molar-refractivity contribution in [3.8, 4) is 0 Å². The first-order valence-electron chi connectivity index (χ1n) is 7.51. The lowest BCUT2D eigenvalue weighted by atomic mass is 9.94. The molecule has 3 rings (SSSR count). The number of aromatic nitrogens is 1. The topological polar surface area (TPSA) is 16.1 Å². The van der Waals surface area contributed by atoms with E-state index in [0.29, 0.717) is 5.88 Å². The summed E-state index contributed by atoms with van der Waals surface area (Å²) in [7, 11) is 0. The van der Waals surface area contributed by atoms with Crippen LogP contribution in [0.1, 0.15) is 31.7 Å². The van der Waals surface area contributed by atoms with Crippen molar-refractivity contribution >= 4 is 28.2 Å². The van der Waals surface area contributed by atoms with Gasteiger partial charge in [-0.25, -0.2) is 4.98 Å². The molecule has 0 amide bonds. The zero-order valence-electron chi connectivity index (χ0n) is 12.0. The Balaban J connectivity index is 1.96. The average Bonchev–Trinajstić information content (AvgIpc) is 2.54. The Kier molecular flexibility index (Phi) is 4.11. The molecule has 1 aromatic carbocycles. The minimum atomic E-state index is 0.520. The van der Waals surface area contributed by atoms with E-state index in [2.05, 4.69) is 36.1 Å². The summed E-state index contributed by atoms with van der Waals surface area (Å²) in [4.78, 5) is 7.13. The third-order valence-corrected chi connectivity index (χ3v) is 4.78. The van der Waals surface area contributed by atoms with Gasteiger partial charge in [-0.2, -0.15) is 0 Å². The lowest BCUT2D eigenvalue weighted by Crippen LogP contribution is -2.34. The molecule has 1 saturated heterocycles. The van der Waals surface area contributed by atoms with Gasteiger partial charge in [-0.1, -0.05) is 37.6 Å². The summed E-state index contributed by atoms with van der Waals surface area (Å²) in [5, 5.41) is 2.48. The minimum absolute atomic E-state index is 0.520. The SMILES string of the molecule is CCC1CCN(c2ncc(CCl)c3ccccc23)CC1. The summed E-state index contributed by atoms with van der Waals surface area (Å²) in [6.07, 6.45) is 5.80. The van der Waals surface area contributed by atoms with Crippen LogP contribution in [0.15, 0.2) is 30.5 Å². The zero-order chi connectivity index (χ0) is 13.9. The number of hydrogen-bond acceptors (Lipinski definition) is 2. The molecule has 2 aromatic rings. The van der Waals surface area contributed by atoms with Crippen LogP contribution in [0.2, 0.25) is 0 Å². The van der Waals surface area contributed by atoms with E-state index in [1.165, 1.54) is 30.0 Å². The highest BCUT2D eigenvalue weighted by molar-refractivity contribution is 6.18. The fourth-order valence-corrected chi connectivity index (χ4v) is 3.36. The molecule has 2 nitrogen and oxygen atoms in total. The maximum absolute atomic E-state index is 6.03. The maximum Gasteiger partial charge on any atom is 0.136 e. The van der Waals surface area contributed by atoms with Crippen LogP contribution in [0.5, 0.6) is 0 Å². The second-order valence-corrected chi connectivity index (χ2v) is 5.89. The molecule has 1 aliphatic rings. The second-order valence-electron chi connectivity index (χ2n) is 5.62. The zero-order valence-corrected chi connectivity index (χ0v) is 12.7. The molecule has 0 unspecified atom stereocenters. The van der Waals surface area contributed by atoms with Crippen LogP contribution in [0, 0.1) is 5.92 Å². The van der Waals surface area contributed by atoms with Crippen LogP contribution in [0.4, 0.5) is 5.82 Å². The molecule has 0 N–H and O–H groups in total. The summed E-state index contributed by atoms with van der Waals surface area (Å²) >= 11 is 6.03. The van der Waals surface area contributed by atoms with Gasteiger partial charge in [0.15, 0.2) is 0 Å². The fraction of sp³-hybridized carbons (Fsp3) is 0.471. The van der Waals surface area contributed by atoms with Crippen molar-refractivity contribution < 1.29 is 0 Å². The van der Waals surface area contributed by atoms with Crippen LogP contribution >= 0.6 is 11.6 Å². The Bertz CT molecular complexity index is 589. The minimum Gasteiger partial charge on any atom is -0.356 e. The van der Waals surface area contributed by atoms with Gasteiger partial charge in [0.05, 0.1) is 0 Å². The van der Waals surface area contributed by atoms with Gasteiger partial charge < -0.3 is 4.90 Å². The van der Waals surface area contributed by atoms with Gasteiger partial charge in [0.2, 0.25) is 0 Å². The molecule has 0 bridgehead atoms. The molecule has 0 atom stereocenters. The number of anilines is 1. The summed E-state index contributed by atoms with van der Waals surface area (Å²) in [6, 6.07) is 8.48. The number of fused-ring (bicyclic) bond motifs is 1. The first-order chi connectivity index (χ1) is 9.83. The Morgan fingerprint density at radius 1 is 1.20 bits per heavy atom. The van der Waals surface area contributed by atoms with Gasteiger partial charge in [-0.15, -0.1) is 11.6 Å². The van der Waals surface area contributed by atoms with E-state index in [9.17, 15) is 0 Å². The van der Waals surface area contributed by atoms with Crippen LogP contribution in [-0.4, -0.2) is 18.1 Å². The Hall–Kier alpha value is -1.28. The first-order valence-corrected chi connectivity index (χ1v) is 8.04. The largest absolute Gasteiger partial charge is 0.356 e. The monoisotopic (exact) mass is 288 g/mol. The molecule has 0 spiro atoms. The van der Waals surface area contributed by atoms with Gasteiger partial charge in [0.25, 0.3) is 0 Å². The van der Waals surface area contributed by atoms with Gasteiger partial charge in [0.1, 0.15) is 5.82 Å². The highest BCUT2D eigenvalue weighted by Gasteiger charge is 2.20.